The number of hydrogen-bond acceptors (Lipinski definition) is 4. The number of nitro groups is 1. The molecule has 1 unspecified atom stereocenters. The van der Waals surface area contributed by atoms with Gasteiger partial charge in [0, 0.05) is 18.7 Å². The molecule has 0 spiro atoms. The maximum Gasteiger partial charge on any atom is 0.269 e. The Morgan fingerprint density at radius 2 is 1.85 bits per heavy atom. The van der Waals surface area contributed by atoms with Crippen molar-refractivity contribution in [3.63, 3.8) is 0 Å². The Morgan fingerprint density at radius 3 is 2.50 bits per heavy atom. The third-order valence-electron chi connectivity index (χ3n) is 3.85. The molecule has 1 atom stereocenters. The van der Waals surface area contributed by atoms with Crippen molar-refractivity contribution in [1.82, 2.24) is 4.90 Å². The lowest BCUT2D eigenvalue weighted by atomic mass is 10.1. The van der Waals surface area contributed by atoms with Crippen LogP contribution in [0, 0.1) is 10.1 Å². The van der Waals surface area contributed by atoms with E-state index in [2.05, 4.69) is 4.90 Å². The standard InChI is InChI=1S/C15H22N2O3/c18-15(12-16-9-4-2-1-3-5-10-16)13-7-6-8-14(11-13)17(19)20/h6-8,11,15,18H,1-5,9-10,12H2. The topological polar surface area (TPSA) is 66.6 Å². The van der Waals surface area contributed by atoms with Crippen molar-refractivity contribution in [3.8, 4) is 0 Å². The Labute approximate surface area is 119 Å². The number of nitro benzene ring substituents is 1. The van der Waals surface area contributed by atoms with Crippen molar-refractivity contribution in [2.45, 2.75) is 38.2 Å². The summed E-state index contributed by atoms with van der Waals surface area (Å²) < 4.78 is 0. The van der Waals surface area contributed by atoms with E-state index in [1.54, 1.807) is 12.1 Å². The molecule has 0 radical (unpaired) electrons. The molecule has 1 heterocycles. The molecule has 1 aliphatic rings. The average molecular weight is 278 g/mol. The van der Waals surface area contributed by atoms with Crippen molar-refractivity contribution >= 4 is 5.69 Å². The molecule has 0 aliphatic carbocycles. The monoisotopic (exact) mass is 278 g/mol. The number of aliphatic hydroxyl groups is 1. The molecule has 110 valence electrons. The number of rotatable bonds is 4. The highest BCUT2D eigenvalue weighted by atomic mass is 16.6. The molecule has 1 saturated heterocycles. The summed E-state index contributed by atoms with van der Waals surface area (Å²) >= 11 is 0. The number of aliphatic hydroxyl groups excluding tert-OH is 1. The fraction of sp³-hybridized carbons (Fsp3) is 0.600. The Hall–Kier alpha value is -1.46. The lowest BCUT2D eigenvalue weighted by Gasteiger charge is -2.26. The molecule has 2 rings (SSSR count). The highest BCUT2D eigenvalue weighted by Gasteiger charge is 2.16. The van der Waals surface area contributed by atoms with E-state index in [4.69, 9.17) is 0 Å². The van der Waals surface area contributed by atoms with Gasteiger partial charge in [-0.2, -0.15) is 0 Å². The van der Waals surface area contributed by atoms with Gasteiger partial charge in [0.05, 0.1) is 11.0 Å². The van der Waals surface area contributed by atoms with Crippen molar-refractivity contribution in [3.05, 3.63) is 39.9 Å². The molecule has 1 aromatic carbocycles. The van der Waals surface area contributed by atoms with Crippen molar-refractivity contribution in [1.29, 1.82) is 0 Å². The normalized spacial score (nSPS) is 19.1. The molecule has 1 fully saturated rings. The summed E-state index contributed by atoms with van der Waals surface area (Å²) in [5.41, 5.74) is 0.662. The summed E-state index contributed by atoms with van der Waals surface area (Å²) in [4.78, 5) is 12.6. The van der Waals surface area contributed by atoms with Crippen LogP contribution in [0.5, 0.6) is 0 Å². The lowest BCUT2D eigenvalue weighted by Crippen LogP contribution is -2.31. The number of hydrogen-bond donors (Lipinski definition) is 1. The molecule has 0 aromatic heterocycles. The second-order valence-corrected chi connectivity index (χ2v) is 5.44. The fourth-order valence-electron chi connectivity index (χ4n) is 2.69. The van der Waals surface area contributed by atoms with E-state index >= 15 is 0 Å². The predicted octanol–water partition coefficient (Wildman–Crippen LogP) is 2.89. The van der Waals surface area contributed by atoms with Crippen LogP contribution in [-0.2, 0) is 0 Å². The van der Waals surface area contributed by atoms with E-state index in [1.807, 2.05) is 0 Å². The quantitative estimate of drug-likeness (QED) is 0.679. The Balaban J connectivity index is 1.97. The molecular formula is C15H22N2O3. The Morgan fingerprint density at radius 1 is 1.20 bits per heavy atom. The van der Waals surface area contributed by atoms with Gasteiger partial charge < -0.3 is 10.0 Å². The van der Waals surface area contributed by atoms with E-state index in [0.29, 0.717) is 12.1 Å². The minimum Gasteiger partial charge on any atom is -0.387 e. The number of β-amino-alcohol motifs (C(OH)–C–C–N with tert-alkyl or cyclic N) is 1. The van der Waals surface area contributed by atoms with E-state index < -0.39 is 11.0 Å². The van der Waals surface area contributed by atoms with E-state index in [-0.39, 0.29) is 5.69 Å². The van der Waals surface area contributed by atoms with Crippen LogP contribution in [0.1, 0.15) is 43.8 Å². The van der Waals surface area contributed by atoms with E-state index in [9.17, 15) is 15.2 Å². The zero-order chi connectivity index (χ0) is 14.4. The molecule has 1 aliphatic heterocycles. The van der Waals surface area contributed by atoms with Gasteiger partial charge in [-0.15, -0.1) is 0 Å². The van der Waals surface area contributed by atoms with Crippen molar-refractivity contribution < 1.29 is 10.0 Å². The SMILES string of the molecule is O=[N+]([O-])c1cccc(C(O)CN2CCCCCCC2)c1. The maximum atomic E-state index is 10.8. The highest BCUT2D eigenvalue weighted by molar-refractivity contribution is 5.35. The van der Waals surface area contributed by atoms with Crippen LogP contribution in [0.25, 0.3) is 0 Å². The molecule has 1 aromatic rings. The van der Waals surface area contributed by atoms with Crippen LogP contribution in [0.2, 0.25) is 0 Å². The lowest BCUT2D eigenvalue weighted by molar-refractivity contribution is -0.385. The Kier molecular flexibility index (Phi) is 5.49. The first-order chi connectivity index (χ1) is 9.66. The van der Waals surface area contributed by atoms with Gasteiger partial charge in [-0.3, -0.25) is 10.1 Å². The molecule has 5 heteroatoms. The smallest absolute Gasteiger partial charge is 0.269 e. The maximum absolute atomic E-state index is 10.8. The number of nitrogens with zero attached hydrogens (tertiary/aromatic N) is 2. The molecule has 0 bridgehead atoms. The largest absolute Gasteiger partial charge is 0.387 e. The van der Waals surface area contributed by atoms with Gasteiger partial charge in [-0.25, -0.2) is 0 Å². The molecule has 0 saturated carbocycles. The molecule has 1 N–H and O–H groups in total. The molecular weight excluding hydrogens is 256 g/mol. The Bertz CT molecular complexity index is 442. The summed E-state index contributed by atoms with van der Waals surface area (Å²) in [7, 11) is 0. The van der Waals surface area contributed by atoms with Crippen LogP contribution < -0.4 is 0 Å². The summed E-state index contributed by atoms with van der Waals surface area (Å²) in [6.07, 6.45) is 5.49. The van der Waals surface area contributed by atoms with Crippen molar-refractivity contribution in [2.24, 2.45) is 0 Å². The number of non-ortho nitro benzene ring substituents is 1. The van der Waals surface area contributed by atoms with Gasteiger partial charge >= 0.3 is 0 Å². The number of benzene rings is 1. The number of likely N-dealkylation sites (tertiary alicyclic amines) is 1. The van der Waals surface area contributed by atoms with Gasteiger partial charge in [0.2, 0.25) is 0 Å². The van der Waals surface area contributed by atoms with Gasteiger partial charge in [0.1, 0.15) is 0 Å². The van der Waals surface area contributed by atoms with Gasteiger partial charge in [-0.05, 0) is 31.5 Å². The fourth-order valence-corrected chi connectivity index (χ4v) is 2.69. The van der Waals surface area contributed by atoms with Gasteiger partial charge in [-0.1, -0.05) is 31.4 Å². The second kappa shape index (κ2) is 7.36. The van der Waals surface area contributed by atoms with Crippen LogP contribution in [0.4, 0.5) is 5.69 Å². The molecule has 20 heavy (non-hydrogen) atoms. The molecule has 0 amide bonds. The van der Waals surface area contributed by atoms with Crippen molar-refractivity contribution in [2.75, 3.05) is 19.6 Å². The first-order valence-electron chi connectivity index (χ1n) is 7.31. The zero-order valence-electron chi connectivity index (χ0n) is 11.7. The van der Waals surface area contributed by atoms with Crippen LogP contribution >= 0.6 is 0 Å². The summed E-state index contributed by atoms with van der Waals surface area (Å²) in [5.74, 6) is 0. The first kappa shape index (κ1) is 14.9. The third-order valence-corrected chi connectivity index (χ3v) is 3.85. The van der Waals surface area contributed by atoms with E-state index in [0.717, 1.165) is 13.1 Å². The van der Waals surface area contributed by atoms with Gasteiger partial charge in [0.15, 0.2) is 0 Å². The molecule has 5 nitrogen and oxygen atoms in total. The summed E-state index contributed by atoms with van der Waals surface area (Å²) in [6, 6.07) is 6.30. The summed E-state index contributed by atoms with van der Waals surface area (Å²) in [5, 5.41) is 21.0. The average Bonchev–Trinajstić information content (AvgIpc) is 2.41. The van der Waals surface area contributed by atoms with Gasteiger partial charge in [0.25, 0.3) is 5.69 Å². The first-order valence-corrected chi connectivity index (χ1v) is 7.31. The van der Waals surface area contributed by atoms with Crippen LogP contribution in [0.15, 0.2) is 24.3 Å². The third kappa shape index (κ3) is 4.28. The van der Waals surface area contributed by atoms with E-state index in [1.165, 1.54) is 44.2 Å². The minimum absolute atomic E-state index is 0.0363. The summed E-state index contributed by atoms with van der Waals surface area (Å²) in [6.45, 7) is 2.57. The van der Waals surface area contributed by atoms with Crippen LogP contribution in [0.3, 0.4) is 0 Å². The highest BCUT2D eigenvalue weighted by Crippen LogP contribution is 2.21. The second-order valence-electron chi connectivity index (χ2n) is 5.44. The zero-order valence-corrected chi connectivity index (χ0v) is 11.7. The minimum atomic E-state index is -0.658. The van der Waals surface area contributed by atoms with Crippen LogP contribution in [-0.4, -0.2) is 34.6 Å². The predicted molar refractivity (Wildman–Crippen MR) is 77.6 cm³/mol.